The zero-order valence-electron chi connectivity index (χ0n) is 13.5. The number of carbonyl (C=O) groups excluding carboxylic acids is 1. The molecule has 0 saturated carbocycles. The summed E-state index contributed by atoms with van der Waals surface area (Å²) in [7, 11) is 0. The van der Waals surface area contributed by atoms with Crippen LogP contribution in [0.15, 0.2) is 18.2 Å². The first-order valence-electron chi connectivity index (χ1n) is 8.04. The Morgan fingerprint density at radius 2 is 2.00 bits per heavy atom. The molecule has 2 rings (SSSR count). The van der Waals surface area contributed by atoms with Crippen molar-refractivity contribution < 1.29 is 9.53 Å². The highest BCUT2D eigenvalue weighted by molar-refractivity contribution is 5.76. The predicted octanol–water partition coefficient (Wildman–Crippen LogP) is 3.72. The van der Waals surface area contributed by atoms with Gasteiger partial charge in [0.1, 0.15) is 5.75 Å². The van der Waals surface area contributed by atoms with Crippen LogP contribution in [-0.2, 0) is 4.79 Å². The lowest BCUT2D eigenvalue weighted by atomic mass is 9.99. The Morgan fingerprint density at radius 3 is 2.71 bits per heavy atom. The number of nitrogens with zero attached hydrogens (tertiary/aromatic N) is 1. The predicted molar refractivity (Wildman–Crippen MR) is 85.6 cm³/mol. The average Bonchev–Trinajstić information content (AvgIpc) is 2.48. The van der Waals surface area contributed by atoms with Crippen LogP contribution in [0.4, 0.5) is 0 Å². The van der Waals surface area contributed by atoms with E-state index in [1.54, 1.807) is 0 Å². The normalized spacial score (nSPS) is 16.0. The van der Waals surface area contributed by atoms with E-state index in [0.29, 0.717) is 13.0 Å². The monoisotopic (exact) mass is 289 g/mol. The number of aryl methyl sites for hydroxylation is 1. The van der Waals surface area contributed by atoms with E-state index in [9.17, 15) is 4.79 Å². The van der Waals surface area contributed by atoms with E-state index < -0.39 is 0 Å². The number of likely N-dealkylation sites (tertiary alicyclic amines) is 1. The average molecular weight is 289 g/mol. The highest BCUT2D eigenvalue weighted by Gasteiger charge is 2.19. The van der Waals surface area contributed by atoms with Crippen LogP contribution in [0.1, 0.15) is 43.7 Å². The molecular formula is C18H27NO2. The second-order valence-corrected chi connectivity index (χ2v) is 6.21. The first-order valence-corrected chi connectivity index (χ1v) is 8.04. The zero-order chi connectivity index (χ0) is 15.2. The number of piperidine rings is 1. The van der Waals surface area contributed by atoms with Gasteiger partial charge in [-0.3, -0.25) is 4.79 Å². The Kier molecular flexibility index (Phi) is 5.66. The maximum atomic E-state index is 12.1. The molecule has 3 heteroatoms. The Bertz CT molecular complexity index is 476. The van der Waals surface area contributed by atoms with E-state index in [1.807, 2.05) is 17.0 Å². The van der Waals surface area contributed by atoms with Crippen molar-refractivity contribution in [1.29, 1.82) is 0 Å². The van der Waals surface area contributed by atoms with Crippen molar-refractivity contribution >= 4 is 5.91 Å². The van der Waals surface area contributed by atoms with Crippen LogP contribution in [0.5, 0.6) is 5.75 Å². The molecule has 0 spiro atoms. The molecule has 0 N–H and O–H groups in total. The van der Waals surface area contributed by atoms with Gasteiger partial charge in [-0.15, -0.1) is 0 Å². The van der Waals surface area contributed by atoms with E-state index >= 15 is 0 Å². The molecule has 0 atom stereocenters. The van der Waals surface area contributed by atoms with Gasteiger partial charge in [0, 0.05) is 19.5 Å². The number of carbonyl (C=O) groups is 1. The van der Waals surface area contributed by atoms with Crippen molar-refractivity contribution in [2.75, 3.05) is 19.7 Å². The number of hydrogen-bond donors (Lipinski definition) is 0. The number of benzene rings is 1. The topological polar surface area (TPSA) is 29.5 Å². The summed E-state index contributed by atoms with van der Waals surface area (Å²) in [5, 5.41) is 0. The molecule has 1 heterocycles. The molecule has 0 aliphatic carbocycles. The van der Waals surface area contributed by atoms with Crippen molar-refractivity contribution in [2.24, 2.45) is 5.92 Å². The van der Waals surface area contributed by atoms with Gasteiger partial charge >= 0.3 is 0 Å². The van der Waals surface area contributed by atoms with Gasteiger partial charge < -0.3 is 9.64 Å². The van der Waals surface area contributed by atoms with Crippen molar-refractivity contribution in [1.82, 2.24) is 4.90 Å². The molecule has 1 aliphatic rings. The molecule has 1 aromatic carbocycles. The summed E-state index contributed by atoms with van der Waals surface area (Å²) in [6.07, 6.45) is 3.67. The van der Waals surface area contributed by atoms with E-state index in [1.165, 1.54) is 11.1 Å². The molecule has 1 saturated heterocycles. The van der Waals surface area contributed by atoms with Crippen LogP contribution < -0.4 is 4.74 Å². The Labute approximate surface area is 128 Å². The molecule has 1 aliphatic heterocycles. The third-order valence-electron chi connectivity index (χ3n) is 4.48. The van der Waals surface area contributed by atoms with E-state index in [-0.39, 0.29) is 5.91 Å². The second-order valence-electron chi connectivity index (χ2n) is 6.21. The Hall–Kier alpha value is -1.51. The summed E-state index contributed by atoms with van der Waals surface area (Å²) in [4.78, 5) is 14.1. The van der Waals surface area contributed by atoms with Gasteiger partial charge in [-0.1, -0.05) is 19.1 Å². The van der Waals surface area contributed by atoms with Crippen LogP contribution in [0, 0.1) is 19.8 Å². The third kappa shape index (κ3) is 4.48. The van der Waals surface area contributed by atoms with Crippen molar-refractivity contribution in [3.63, 3.8) is 0 Å². The van der Waals surface area contributed by atoms with Crippen LogP contribution >= 0.6 is 0 Å². The van der Waals surface area contributed by atoms with Crippen LogP contribution in [0.3, 0.4) is 0 Å². The molecule has 1 aromatic rings. The summed E-state index contributed by atoms with van der Waals surface area (Å²) in [6, 6.07) is 6.09. The van der Waals surface area contributed by atoms with Crippen molar-refractivity contribution in [3.05, 3.63) is 29.3 Å². The van der Waals surface area contributed by atoms with Crippen molar-refractivity contribution in [2.45, 2.75) is 46.5 Å². The van der Waals surface area contributed by atoms with Crippen molar-refractivity contribution in [3.8, 4) is 5.75 Å². The molecule has 0 unspecified atom stereocenters. The Morgan fingerprint density at radius 1 is 1.29 bits per heavy atom. The minimum atomic E-state index is 0.284. The number of ether oxygens (including phenoxy) is 1. The molecule has 1 amide bonds. The van der Waals surface area contributed by atoms with Gasteiger partial charge in [-0.2, -0.15) is 0 Å². The summed E-state index contributed by atoms with van der Waals surface area (Å²) in [5.41, 5.74) is 2.43. The lowest BCUT2D eigenvalue weighted by molar-refractivity contribution is -0.132. The fraction of sp³-hybridized carbons (Fsp3) is 0.611. The molecule has 116 valence electrons. The minimum Gasteiger partial charge on any atom is -0.493 e. The van der Waals surface area contributed by atoms with Crippen LogP contribution in [0.25, 0.3) is 0 Å². The second kappa shape index (κ2) is 7.48. The van der Waals surface area contributed by atoms with Gasteiger partial charge in [0.15, 0.2) is 0 Å². The molecule has 21 heavy (non-hydrogen) atoms. The van der Waals surface area contributed by atoms with Gasteiger partial charge in [-0.05, 0) is 56.2 Å². The van der Waals surface area contributed by atoms with Crippen LogP contribution in [-0.4, -0.2) is 30.5 Å². The summed E-state index contributed by atoms with van der Waals surface area (Å²) < 4.78 is 5.80. The number of amides is 1. The fourth-order valence-corrected chi connectivity index (χ4v) is 2.70. The van der Waals surface area contributed by atoms with E-state index in [4.69, 9.17) is 4.74 Å². The fourth-order valence-electron chi connectivity index (χ4n) is 2.70. The molecule has 0 aromatic heterocycles. The molecule has 1 fully saturated rings. The first kappa shape index (κ1) is 15.9. The highest BCUT2D eigenvalue weighted by Crippen LogP contribution is 2.21. The van der Waals surface area contributed by atoms with E-state index in [0.717, 1.165) is 44.0 Å². The number of rotatable bonds is 5. The summed E-state index contributed by atoms with van der Waals surface area (Å²) >= 11 is 0. The zero-order valence-corrected chi connectivity index (χ0v) is 13.5. The molecule has 0 bridgehead atoms. The lowest BCUT2D eigenvalue weighted by Gasteiger charge is -2.30. The lowest BCUT2D eigenvalue weighted by Crippen LogP contribution is -2.37. The maximum absolute atomic E-state index is 12.1. The first-order chi connectivity index (χ1) is 10.1. The van der Waals surface area contributed by atoms with Crippen LogP contribution in [0.2, 0.25) is 0 Å². The van der Waals surface area contributed by atoms with Gasteiger partial charge in [0.2, 0.25) is 5.91 Å². The van der Waals surface area contributed by atoms with E-state index in [2.05, 4.69) is 26.8 Å². The van der Waals surface area contributed by atoms with Gasteiger partial charge in [0.05, 0.1) is 6.61 Å². The van der Waals surface area contributed by atoms with Gasteiger partial charge in [-0.25, -0.2) is 0 Å². The SMILES string of the molecule is Cc1cccc(OCCCC(=O)N2CCC(C)CC2)c1C. The highest BCUT2D eigenvalue weighted by atomic mass is 16.5. The largest absolute Gasteiger partial charge is 0.493 e. The Balaban J connectivity index is 1.70. The summed E-state index contributed by atoms with van der Waals surface area (Å²) in [6.45, 7) is 8.89. The maximum Gasteiger partial charge on any atom is 0.222 e. The van der Waals surface area contributed by atoms with Gasteiger partial charge in [0.25, 0.3) is 0 Å². The smallest absolute Gasteiger partial charge is 0.222 e. The third-order valence-corrected chi connectivity index (χ3v) is 4.48. The quantitative estimate of drug-likeness (QED) is 0.773. The molecular weight excluding hydrogens is 262 g/mol. The minimum absolute atomic E-state index is 0.284. The summed E-state index contributed by atoms with van der Waals surface area (Å²) in [5.74, 6) is 1.99. The standard InChI is InChI=1S/C18H27NO2/c1-14-9-11-19(12-10-14)18(20)8-5-13-21-17-7-4-6-15(2)16(17)3/h4,6-7,14H,5,8-13H2,1-3H3. The molecule has 0 radical (unpaired) electrons. The number of hydrogen-bond acceptors (Lipinski definition) is 2. The molecule has 3 nitrogen and oxygen atoms in total.